The number of hydrogen-bond donors (Lipinski definition) is 0. The maximum atomic E-state index is 13.8. The molecule has 1 atom stereocenters. The molecule has 0 N–H and O–H groups in total. The van der Waals surface area contributed by atoms with Crippen LogP contribution >= 0.6 is 27.3 Å². The van der Waals surface area contributed by atoms with Crippen molar-refractivity contribution in [2.24, 2.45) is 0 Å². The van der Waals surface area contributed by atoms with Gasteiger partial charge in [0.05, 0.1) is 10.2 Å². The molecule has 0 amide bonds. The van der Waals surface area contributed by atoms with E-state index in [0.717, 1.165) is 11.1 Å². The van der Waals surface area contributed by atoms with Crippen molar-refractivity contribution in [1.82, 2.24) is 4.98 Å². The lowest BCUT2D eigenvalue weighted by molar-refractivity contribution is -0.123. The second-order valence-electron chi connectivity index (χ2n) is 4.18. The van der Waals surface area contributed by atoms with E-state index >= 15 is 0 Å². The van der Waals surface area contributed by atoms with Crippen molar-refractivity contribution in [3.05, 3.63) is 21.9 Å². The number of carbonyl (C=O) groups excluding carboxylic acids is 1. The quantitative estimate of drug-likeness (QED) is 0.843. The molecular weight excluding hydrogens is 321 g/mol. The van der Waals surface area contributed by atoms with Crippen molar-refractivity contribution in [3.8, 4) is 5.75 Å². The second kappa shape index (κ2) is 4.59. The molecule has 6 heteroatoms. The van der Waals surface area contributed by atoms with E-state index in [1.165, 1.54) is 17.4 Å². The van der Waals surface area contributed by atoms with Crippen molar-refractivity contribution < 1.29 is 13.9 Å². The van der Waals surface area contributed by atoms with Gasteiger partial charge < -0.3 is 4.74 Å². The van der Waals surface area contributed by atoms with Gasteiger partial charge in [-0.1, -0.05) is 0 Å². The Hall–Kier alpha value is -1.01. The van der Waals surface area contributed by atoms with Gasteiger partial charge in [-0.2, -0.15) is 0 Å². The number of fused-ring (bicyclic) bond motifs is 1. The van der Waals surface area contributed by atoms with Gasteiger partial charge in [0.15, 0.2) is 27.4 Å². The van der Waals surface area contributed by atoms with Crippen LogP contribution in [0.25, 0.3) is 10.2 Å². The Morgan fingerprint density at radius 2 is 2.33 bits per heavy atom. The van der Waals surface area contributed by atoms with E-state index in [1.807, 2.05) is 0 Å². The summed E-state index contributed by atoms with van der Waals surface area (Å²) in [5, 5.41) is 0. The largest absolute Gasteiger partial charge is 0.480 e. The van der Waals surface area contributed by atoms with Gasteiger partial charge in [-0.25, -0.2) is 9.37 Å². The van der Waals surface area contributed by atoms with E-state index < -0.39 is 11.9 Å². The van der Waals surface area contributed by atoms with Gasteiger partial charge in [-0.15, -0.1) is 11.3 Å². The Morgan fingerprint density at radius 1 is 1.50 bits per heavy atom. The summed E-state index contributed by atoms with van der Waals surface area (Å²) in [6, 6.07) is 2.95. The third-order valence-corrected chi connectivity index (χ3v) is 4.40. The first-order valence-electron chi connectivity index (χ1n) is 5.58. The van der Waals surface area contributed by atoms with Gasteiger partial charge in [0, 0.05) is 18.6 Å². The SMILES string of the molecule is O=C1CCCC1Oc1cc2sc(Br)nc2cc1F. The Bertz CT molecular complexity index is 628. The Labute approximate surface area is 115 Å². The lowest BCUT2D eigenvalue weighted by atomic mass is 10.2. The third kappa shape index (κ3) is 2.14. The molecule has 1 aliphatic rings. The fraction of sp³-hybridized carbons (Fsp3) is 0.333. The Morgan fingerprint density at radius 3 is 3.06 bits per heavy atom. The van der Waals surface area contributed by atoms with Crippen molar-refractivity contribution in [2.75, 3.05) is 0 Å². The molecule has 2 aromatic rings. The summed E-state index contributed by atoms with van der Waals surface area (Å²) in [6.45, 7) is 0. The van der Waals surface area contributed by atoms with E-state index in [0.29, 0.717) is 22.3 Å². The van der Waals surface area contributed by atoms with Crippen molar-refractivity contribution in [1.29, 1.82) is 0 Å². The van der Waals surface area contributed by atoms with E-state index in [-0.39, 0.29) is 11.5 Å². The first-order valence-corrected chi connectivity index (χ1v) is 7.19. The summed E-state index contributed by atoms with van der Waals surface area (Å²) in [4.78, 5) is 15.6. The normalized spacial score (nSPS) is 19.7. The molecule has 1 aromatic carbocycles. The van der Waals surface area contributed by atoms with Gasteiger partial charge in [0.2, 0.25) is 0 Å². The number of Topliss-reactive ketones (excluding diaryl/α,β-unsaturated/α-hetero) is 1. The van der Waals surface area contributed by atoms with E-state index in [9.17, 15) is 9.18 Å². The number of benzene rings is 1. The predicted molar refractivity (Wildman–Crippen MR) is 70.6 cm³/mol. The second-order valence-corrected chi connectivity index (χ2v) is 6.49. The van der Waals surface area contributed by atoms with Crippen LogP contribution in [0.2, 0.25) is 0 Å². The van der Waals surface area contributed by atoms with Gasteiger partial charge in [-0.3, -0.25) is 4.79 Å². The number of nitrogens with zero attached hydrogens (tertiary/aromatic N) is 1. The molecule has 1 aromatic heterocycles. The molecule has 1 heterocycles. The van der Waals surface area contributed by atoms with Crippen LogP contribution in [0, 0.1) is 5.82 Å². The molecule has 1 unspecified atom stereocenters. The van der Waals surface area contributed by atoms with Crippen LogP contribution < -0.4 is 4.74 Å². The minimum atomic E-state index is -0.492. The smallest absolute Gasteiger partial charge is 0.173 e. The Kier molecular flexibility index (Phi) is 3.07. The van der Waals surface area contributed by atoms with E-state index in [1.54, 1.807) is 6.07 Å². The van der Waals surface area contributed by atoms with Crippen molar-refractivity contribution in [3.63, 3.8) is 0 Å². The molecule has 1 fully saturated rings. The fourth-order valence-electron chi connectivity index (χ4n) is 2.05. The maximum absolute atomic E-state index is 13.8. The van der Waals surface area contributed by atoms with E-state index in [2.05, 4.69) is 20.9 Å². The van der Waals surface area contributed by atoms with Crippen LogP contribution in [0.3, 0.4) is 0 Å². The standard InChI is InChI=1S/C12H9BrFNO2S/c13-12-15-7-4-6(14)10(5-11(7)18-12)17-9-3-1-2-8(9)16/h4-5,9H,1-3H2. The van der Waals surface area contributed by atoms with Crippen LogP contribution in [-0.4, -0.2) is 16.9 Å². The minimum Gasteiger partial charge on any atom is -0.480 e. The van der Waals surface area contributed by atoms with E-state index in [4.69, 9.17) is 4.74 Å². The van der Waals surface area contributed by atoms with Gasteiger partial charge in [-0.05, 0) is 28.8 Å². The average molecular weight is 330 g/mol. The molecule has 0 radical (unpaired) electrons. The topological polar surface area (TPSA) is 39.2 Å². The highest BCUT2D eigenvalue weighted by Gasteiger charge is 2.27. The predicted octanol–water partition coefficient (Wildman–Crippen LogP) is 3.70. The van der Waals surface area contributed by atoms with Crippen molar-refractivity contribution >= 4 is 43.3 Å². The molecule has 18 heavy (non-hydrogen) atoms. The zero-order chi connectivity index (χ0) is 12.7. The highest BCUT2D eigenvalue weighted by atomic mass is 79.9. The number of thiazole rings is 1. The summed E-state index contributed by atoms with van der Waals surface area (Å²) >= 11 is 4.67. The number of rotatable bonds is 2. The maximum Gasteiger partial charge on any atom is 0.173 e. The number of ether oxygens (including phenoxy) is 1. The first kappa shape index (κ1) is 12.0. The molecule has 0 saturated heterocycles. The van der Waals surface area contributed by atoms with Crippen molar-refractivity contribution in [2.45, 2.75) is 25.4 Å². The molecule has 3 rings (SSSR count). The lowest BCUT2D eigenvalue weighted by Crippen LogP contribution is -2.21. The van der Waals surface area contributed by atoms with Crippen LogP contribution in [-0.2, 0) is 4.79 Å². The zero-order valence-electron chi connectivity index (χ0n) is 9.28. The molecule has 0 spiro atoms. The van der Waals surface area contributed by atoms with Crippen LogP contribution in [0.15, 0.2) is 16.0 Å². The summed E-state index contributed by atoms with van der Waals surface area (Å²) in [5.41, 5.74) is 0.592. The monoisotopic (exact) mass is 329 g/mol. The zero-order valence-corrected chi connectivity index (χ0v) is 11.7. The molecule has 3 nitrogen and oxygen atoms in total. The summed E-state index contributed by atoms with van der Waals surface area (Å²) < 4.78 is 20.8. The number of ketones is 1. The number of hydrogen-bond acceptors (Lipinski definition) is 4. The molecule has 0 aliphatic heterocycles. The highest BCUT2D eigenvalue weighted by Crippen LogP contribution is 2.32. The molecular formula is C12H9BrFNO2S. The third-order valence-electron chi connectivity index (χ3n) is 2.93. The number of aromatic nitrogens is 1. The van der Waals surface area contributed by atoms with Crippen LogP contribution in [0.4, 0.5) is 4.39 Å². The van der Waals surface area contributed by atoms with Crippen LogP contribution in [0.1, 0.15) is 19.3 Å². The molecule has 1 aliphatic carbocycles. The fourth-order valence-corrected chi connectivity index (χ4v) is 3.47. The molecule has 1 saturated carbocycles. The summed E-state index contributed by atoms with van der Waals surface area (Å²) in [5.74, 6) is -0.279. The minimum absolute atomic E-state index is 0.0555. The van der Waals surface area contributed by atoms with Gasteiger partial charge in [0.1, 0.15) is 0 Å². The molecule has 94 valence electrons. The number of carbonyl (C=O) groups is 1. The highest BCUT2D eigenvalue weighted by molar-refractivity contribution is 9.11. The summed E-state index contributed by atoms with van der Waals surface area (Å²) in [7, 11) is 0. The van der Waals surface area contributed by atoms with Gasteiger partial charge in [0.25, 0.3) is 0 Å². The van der Waals surface area contributed by atoms with Gasteiger partial charge >= 0.3 is 0 Å². The summed E-state index contributed by atoms with van der Waals surface area (Å²) in [6.07, 6.45) is 1.52. The number of halogens is 2. The first-order chi connectivity index (χ1) is 8.63. The average Bonchev–Trinajstić information content (AvgIpc) is 2.85. The molecule has 0 bridgehead atoms. The Balaban J connectivity index is 1.95. The van der Waals surface area contributed by atoms with Crippen LogP contribution in [0.5, 0.6) is 5.75 Å². The lowest BCUT2D eigenvalue weighted by Gasteiger charge is -2.12.